The number of fused-ring (bicyclic) bond motifs is 1. The molecule has 0 radical (unpaired) electrons. The van der Waals surface area contributed by atoms with Crippen LogP contribution in [0.25, 0.3) is 0 Å². The molecule has 1 aliphatic rings. The summed E-state index contributed by atoms with van der Waals surface area (Å²) in [6, 6.07) is 16.0. The van der Waals surface area contributed by atoms with E-state index in [9.17, 15) is 4.79 Å². The quantitative estimate of drug-likeness (QED) is 0.792. The highest BCUT2D eigenvalue weighted by Crippen LogP contribution is 2.29. The molecule has 22 heavy (non-hydrogen) atoms. The summed E-state index contributed by atoms with van der Waals surface area (Å²) in [7, 11) is 0. The average Bonchev–Trinajstić information content (AvgIpc) is 3.01. The van der Waals surface area contributed by atoms with Gasteiger partial charge < -0.3 is 9.47 Å². The van der Waals surface area contributed by atoms with E-state index in [4.69, 9.17) is 9.47 Å². The SMILES string of the molecule is CCOC(=O)[C@H](Cc1ccc2c(c1)CCO2)c1ccccc1. The molecule has 3 heteroatoms. The van der Waals surface area contributed by atoms with Crippen molar-refractivity contribution in [3.8, 4) is 5.75 Å². The summed E-state index contributed by atoms with van der Waals surface area (Å²) in [5, 5.41) is 0. The fourth-order valence-corrected chi connectivity index (χ4v) is 2.87. The first-order valence-corrected chi connectivity index (χ1v) is 7.74. The van der Waals surface area contributed by atoms with Gasteiger partial charge in [0.1, 0.15) is 5.75 Å². The van der Waals surface area contributed by atoms with Crippen LogP contribution in [0.4, 0.5) is 0 Å². The molecule has 1 aliphatic heterocycles. The molecule has 2 aromatic carbocycles. The van der Waals surface area contributed by atoms with Crippen molar-refractivity contribution < 1.29 is 14.3 Å². The van der Waals surface area contributed by atoms with Crippen LogP contribution in [-0.2, 0) is 22.4 Å². The largest absolute Gasteiger partial charge is 0.493 e. The molecule has 0 aromatic heterocycles. The summed E-state index contributed by atoms with van der Waals surface area (Å²) in [5.41, 5.74) is 3.37. The average molecular weight is 296 g/mol. The third kappa shape index (κ3) is 3.14. The molecule has 2 aromatic rings. The number of rotatable bonds is 5. The maximum Gasteiger partial charge on any atom is 0.313 e. The Kier molecular flexibility index (Phi) is 4.42. The zero-order valence-electron chi connectivity index (χ0n) is 12.7. The minimum atomic E-state index is -0.262. The van der Waals surface area contributed by atoms with Crippen molar-refractivity contribution in [2.45, 2.75) is 25.7 Å². The second-order valence-electron chi connectivity index (χ2n) is 5.46. The Morgan fingerprint density at radius 1 is 1.23 bits per heavy atom. The van der Waals surface area contributed by atoms with Crippen LogP contribution in [0, 0.1) is 0 Å². The number of benzene rings is 2. The van der Waals surface area contributed by atoms with Crippen molar-refractivity contribution in [2.24, 2.45) is 0 Å². The van der Waals surface area contributed by atoms with Gasteiger partial charge in [0.2, 0.25) is 0 Å². The van der Waals surface area contributed by atoms with Gasteiger partial charge in [-0.15, -0.1) is 0 Å². The smallest absolute Gasteiger partial charge is 0.313 e. The van der Waals surface area contributed by atoms with Crippen molar-refractivity contribution in [1.82, 2.24) is 0 Å². The maximum atomic E-state index is 12.3. The van der Waals surface area contributed by atoms with Crippen LogP contribution < -0.4 is 4.74 Å². The van der Waals surface area contributed by atoms with Crippen molar-refractivity contribution in [3.05, 3.63) is 65.2 Å². The van der Waals surface area contributed by atoms with E-state index in [1.807, 2.05) is 49.4 Å². The molecule has 0 saturated carbocycles. The Morgan fingerprint density at radius 3 is 2.82 bits per heavy atom. The molecule has 1 heterocycles. The van der Waals surface area contributed by atoms with Crippen LogP contribution in [0.5, 0.6) is 5.75 Å². The van der Waals surface area contributed by atoms with Gasteiger partial charge in [-0.05, 0) is 36.1 Å². The molecule has 0 fully saturated rings. The number of hydrogen-bond acceptors (Lipinski definition) is 3. The Balaban J connectivity index is 1.85. The molecule has 3 rings (SSSR count). The first-order chi connectivity index (χ1) is 10.8. The van der Waals surface area contributed by atoms with E-state index in [1.54, 1.807) is 0 Å². The molecule has 0 N–H and O–H groups in total. The fourth-order valence-electron chi connectivity index (χ4n) is 2.87. The summed E-state index contributed by atoms with van der Waals surface area (Å²) >= 11 is 0. The van der Waals surface area contributed by atoms with E-state index in [2.05, 4.69) is 6.07 Å². The third-order valence-electron chi connectivity index (χ3n) is 3.97. The second-order valence-corrected chi connectivity index (χ2v) is 5.46. The normalized spacial score (nSPS) is 14.0. The predicted octanol–water partition coefficient (Wildman–Crippen LogP) is 3.51. The van der Waals surface area contributed by atoms with Crippen molar-refractivity contribution >= 4 is 5.97 Å². The summed E-state index contributed by atoms with van der Waals surface area (Å²) < 4.78 is 10.8. The third-order valence-corrected chi connectivity index (χ3v) is 3.97. The van der Waals surface area contributed by atoms with E-state index in [0.717, 1.165) is 29.9 Å². The molecule has 0 unspecified atom stereocenters. The van der Waals surface area contributed by atoms with Crippen molar-refractivity contribution in [3.63, 3.8) is 0 Å². The molecule has 0 spiro atoms. The second kappa shape index (κ2) is 6.65. The first kappa shape index (κ1) is 14.6. The van der Waals surface area contributed by atoms with E-state index in [0.29, 0.717) is 13.0 Å². The Labute approximate surface area is 130 Å². The van der Waals surface area contributed by atoms with Gasteiger partial charge in [0.25, 0.3) is 0 Å². The van der Waals surface area contributed by atoms with Crippen LogP contribution in [-0.4, -0.2) is 19.2 Å². The molecule has 0 saturated heterocycles. The standard InChI is InChI=1S/C19H20O3/c1-2-21-19(20)17(15-6-4-3-5-7-15)13-14-8-9-18-16(12-14)10-11-22-18/h3-9,12,17H,2,10-11,13H2,1H3/t17-/m1/s1. The Morgan fingerprint density at radius 2 is 2.05 bits per heavy atom. The Bertz CT molecular complexity index is 649. The van der Waals surface area contributed by atoms with Crippen molar-refractivity contribution in [2.75, 3.05) is 13.2 Å². The summed E-state index contributed by atoms with van der Waals surface area (Å²) in [4.78, 5) is 12.3. The molecule has 3 nitrogen and oxygen atoms in total. The number of ether oxygens (including phenoxy) is 2. The lowest BCUT2D eigenvalue weighted by Gasteiger charge is -2.16. The summed E-state index contributed by atoms with van der Waals surface area (Å²) in [6.07, 6.45) is 1.59. The topological polar surface area (TPSA) is 35.5 Å². The monoisotopic (exact) mass is 296 g/mol. The minimum absolute atomic E-state index is 0.162. The molecular formula is C19H20O3. The lowest BCUT2D eigenvalue weighted by atomic mass is 9.91. The van der Waals surface area contributed by atoms with Crippen LogP contribution in [0.15, 0.2) is 48.5 Å². The van der Waals surface area contributed by atoms with Crippen LogP contribution >= 0.6 is 0 Å². The summed E-state index contributed by atoms with van der Waals surface area (Å²) in [5.74, 6) is 0.545. The van der Waals surface area contributed by atoms with Crippen LogP contribution in [0.1, 0.15) is 29.5 Å². The summed E-state index contributed by atoms with van der Waals surface area (Å²) in [6.45, 7) is 2.99. The van der Waals surface area contributed by atoms with E-state index < -0.39 is 0 Å². The molecule has 0 aliphatic carbocycles. The van der Waals surface area contributed by atoms with Gasteiger partial charge in [0.05, 0.1) is 19.1 Å². The maximum absolute atomic E-state index is 12.3. The van der Waals surface area contributed by atoms with Gasteiger partial charge >= 0.3 is 5.97 Å². The fraction of sp³-hybridized carbons (Fsp3) is 0.316. The van der Waals surface area contributed by atoms with Gasteiger partial charge in [0.15, 0.2) is 0 Å². The lowest BCUT2D eigenvalue weighted by Crippen LogP contribution is -2.18. The van der Waals surface area contributed by atoms with Crippen LogP contribution in [0.2, 0.25) is 0 Å². The number of carbonyl (C=O) groups is 1. The number of esters is 1. The van der Waals surface area contributed by atoms with Gasteiger partial charge in [-0.25, -0.2) is 0 Å². The highest BCUT2D eigenvalue weighted by Gasteiger charge is 2.23. The highest BCUT2D eigenvalue weighted by molar-refractivity contribution is 5.78. The molecule has 1 atom stereocenters. The predicted molar refractivity (Wildman–Crippen MR) is 85.2 cm³/mol. The van der Waals surface area contributed by atoms with Gasteiger partial charge in [-0.1, -0.05) is 42.5 Å². The molecule has 0 bridgehead atoms. The zero-order chi connectivity index (χ0) is 15.4. The molecular weight excluding hydrogens is 276 g/mol. The molecule has 114 valence electrons. The van der Waals surface area contributed by atoms with E-state index >= 15 is 0 Å². The minimum Gasteiger partial charge on any atom is -0.493 e. The van der Waals surface area contributed by atoms with Gasteiger partial charge in [-0.2, -0.15) is 0 Å². The van der Waals surface area contributed by atoms with E-state index in [-0.39, 0.29) is 11.9 Å². The number of carbonyl (C=O) groups excluding carboxylic acids is 1. The Hall–Kier alpha value is -2.29. The first-order valence-electron chi connectivity index (χ1n) is 7.74. The van der Waals surface area contributed by atoms with Crippen molar-refractivity contribution in [1.29, 1.82) is 0 Å². The van der Waals surface area contributed by atoms with E-state index in [1.165, 1.54) is 5.56 Å². The molecule has 0 amide bonds. The number of hydrogen-bond donors (Lipinski definition) is 0. The highest BCUT2D eigenvalue weighted by atomic mass is 16.5. The zero-order valence-corrected chi connectivity index (χ0v) is 12.7. The van der Waals surface area contributed by atoms with Gasteiger partial charge in [-0.3, -0.25) is 4.79 Å². The van der Waals surface area contributed by atoms with Gasteiger partial charge in [0, 0.05) is 6.42 Å². The van der Waals surface area contributed by atoms with Crippen LogP contribution in [0.3, 0.4) is 0 Å². The lowest BCUT2D eigenvalue weighted by molar-refractivity contribution is -0.144.